The van der Waals surface area contributed by atoms with E-state index < -0.39 is 23.7 Å². The molecule has 5 rings (SSSR count). The average Bonchev–Trinajstić information content (AvgIpc) is 3.31. The van der Waals surface area contributed by atoms with E-state index in [0.29, 0.717) is 24.9 Å². The minimum Gasteiger partial charge on any atom is -0.341 e. The van der Waals surface area contributed by atoms with Crippen molar-refractivity contribution in [3.63, 3.8) is 0 Å². The molecule has 4 heterocycles. The van der Waals surface area contributed by atoms with E-state index in [1.807, 2.05) is 28.8 Å². The van der Waals surface area contributed by atoms with Gasteiger partial charge in [-0.05, 0) is 36.1 Å². The summed E-state index contributed by atoms with van der Waals surface area (Å²) < 4.78 is 4.07. The summed E-state index contributed by atoms with van der Waals surface area (Å²) in [5, 5.41) is 2.63. The Balaban J connectivity index is 1.65. The van der Waals surface area contributed by atoms with Crippen LogP contribution in [0.2, 0.25) is 0 Å². The number of aromatic nitrogens is 5. The number of amides is 1. The lowest BCUT2D eigenvalue weighted by Crippen LogP contribution is -2.44. The van der Waals surface area contributed by atoms with Gasteiger partial charge in [0.2, 0.25) is 11.9 Å². The summed E-state index contributed by atoms with van der Waals surface area (Å²) >= 11 is 0. The number of aliphatic imine (C=N–C) groups is 1. The Morgan fingerprint density at radius 1 is 1.18 bits per heavy atom. The molecule has 1 fully saturated rings. The SMILES string of the molecule is CN=Cc1ccccc1Cn1c(N2CCC[C@@H](N)C2)nc2c1c(=O)n(CC(=O)Nc1ccccn1)c(=O)n2C. The van der Waals surface area contributed by atoms with Crippen molar-refractivity contribution in [1.82, 2.24) is 23.7 Å². The van der Waals surface area contributed by atoms with Crippen molar-refractivity contribution in [1.29, 1.82) is 0 Å². The lowest BCUT2D eigenvalue weighted by molar-refractivity contribution is -0.116. The Morgan fingerprint density at radius 3 is 2.72 bits per heavy atom. The van der Waals surface area contributed by atoms with E-state index in [1.165, 1.54) is 4.57 Å². The second kappa shape index (κ2) is 11.0. The number of piperidine rings is 1. The number of hydrogen-bond acceptors (Lipinski definition) is 8. The number of nitrogens with zero attached hydrogens (tertiary/aromatic N) is 7. The van der Waals surface area contributed by atoms with Crippen molar-refractivity contribution < 1.29 is 4.79 Å². The second-order valence-electron chi connectivity index (χ2n) is 9.60. The normalized spacial score (nSPS) is 15.8. The zero-order valence-corrected chi connectivity index (χ0v) is 21.9. The van der Waals surface area contributed by atoms with Crippen molar-refractivity contribution in [2.24, 2.45) is 17.8 Å². The molecule has 0 saturated carbocycles. The van der Waals surface area contributed by atoms with Crippen LogP contribution < -0.4 is 27.2 Å². The summed E-state index contributed by atoms with van der Waals surface area (Å²) in [6.45, 7) is 1.15. The van der Waals surface area contributed by atoms with Crippen LogP contribution in [0.25, 0.3) is 11.2 Å². The third kappa shape index (κ3) is 5.23. The van der Waals surface area contributed by atoms with E-state index in [2.05, 4.69) is 20.2 Å². The Morgan fingerprint density at radius 2 is 1.97 bits per heavy atom. The van der Waals surface area contributed by atoms with Crippen molar-refractivity contribution in [2.75, 3.05) is 30.4 Å². The number of benzene rings is 1. The molecular formula is C27H31N9O3. The number of nitrogens with one attached hydrogen (secondary N) is 1. The number of anilines is 2. The molecule has 0 unspecified atom stereocenters. The second-order valence-corrected chi connectivity index (χ2v) is 9.60. The third-order valence-electron chi connectivity index (χ3n) is 6.84. The van der Waals surface area contributed by atoms with E-state index in [0.717, 1.165) is 35.1 Å². The zero-order chi connectivity index (χ0) is 27.5. The average molecular weight is 530 g/mol. The first-order valence-corrected chi connectivity index (χ1v) is 12.8. The standard InChI is InChI=1S/C27H31N9O3/c1-29-14-18-8-3-4-9-19(18)15-35-23-24(32-26(35)34-13-7-10-20(28)16-34)33(2)27(39)36(25(23)38)17-22(37)31-21-11-5-6-12-30-21/h3-6,8-9,11-12,14,20H,7,10,13,15-17,28H2,1-2H3,(H,30,31,37)/t20-/m1/s1. The molecule has 3 N–H and O–H groups in total. The molecule has 4 aromatic rings. The van der Waals surface area contributed by atoms with Crippen LogP contribution in [0.3, 0.4) is 0 Å². The summed E-state index contributed by atoms with van der Waals surface area (Å²) in [4.78, 5) is 55.1. The van der Waals surface area contributed by atoms with Crippen molar-refractivity contribution in [3.8, 4) is 0 Å². The lowest BCUT2D eigenvalue weighted by Gasteiger charge is -2.32. The summed E-state index contributed by atoms with van der Waals surface area (Å²) in [5.74, 6) is 0.354. The van der Waals surface area contributed by atoms with Crippen LogP contribution in [-0.2, 0) is 24.9 Å². The lowest BCUT2D eigenvalue weighted by atomic mass is 10.1. The number of aryl methyl sites for hydroxylation is 1. The quantitative estimate of drug-likeness (QED) is 0.339. The van der Waals surface area contributed by atoms with Crippen molar-refractivity contribution in [2.45, 2.75) is 32.0 Å². The highest BCUT2D eigenvalue weighted by molar-refractivity contribution is 5.89. The van der Waals surface area contributed by atoms with Gasteiger partial charge in [-0.3, -0.25) is 23.7 Å². The maximum Gasteiger partial charge on any atom is 0.332 e. The number of carbonyl (C=O) groups is 1. The fourth-order valence-corrected chi connectivity index (χ4v) is 4.96. The maximum absolute atomic E-state index is 13.9. The van der Waals surface area contributed by atoms with Crippen LogP contribution in [0.15, 0.2) is 63.2 Å². The summed E-state index contributed by atoms with van der Waals surface area (Å²) in [6.07, 6.45) is 5.10. The monoisotopic (exact) mass is 529 g/mol. The van der Waals surface area contributed by atoms with Gasteiger partial charge >= 0.3 is 5.69 Å². The van der Waals surface area contributed by atoms with Gasteiger partial charge in [-0.15, -0.1) is 0 Å². The van der Waals surface area contributed by atoms with Gasteiger partial charge in [-0.2, -0.15) is 4.98 Å². The van der Waals surface area contributed by atoms with Gasteiger partial charge in [0.05, 0.1) is 6.54 Å². The predicted molar refractivity (Wildman–Crippen MR) is 151 cm³/mol. The van der Waals surface area contributed by atoms with Gasteiger partial charge in [0.25, 0.3) is 5.56 Å². The fraction of sp³-hybridized carbons (Fsp3) is 0.333. The van der Waals surface area contributed by atoms with E-state index in [9.17, 15) is 14.4 Å². The van der Waals surface area contributed by atoms with Crippen LogP contribution in [-0.4, -0.2) is 62.0 Å². The molecule has 0 aliphatic carbocycles. The summed E-state index contributed by atoms with van der Waals surface area (Å²) in [7, 11) is 3.26. The summed E-state index contributed by atoms with van der Waals surface area (Å²) in [6, 6.07) is 12.8. The molecule has 0 bridgehead atoms. The van der Waals surface area contributed by atoms with E-state index in [1.54, 1.807) is 44.7 Å². The molecule has 12 nitrogen and oxygen atoms in total. The molecular weight excluding hydrogens is 498 g/mol. The maximum atomic E-state index is 13.9. The van der Waals surface area contributed by atoms with Crippen LogP contribution in [0.5, 0.6) is 0 Å². The van der Waals surface area contributed by atoms with E-state index >= 15 is 0 Å². The third-order valence-corrected chi connectivity index (χ3v) is 6.84. The summed E-state index contributed by atoms with van der Waals surface area (Å²) in [5.41, 5.74) is 7.38. The molecule has 0 spiro atoms. The molecule has 1 aromatic carbocycles. The minimum atomic E-state index is -0.631. The fourth-order valence-electron chi connectivity index (χ4n) is 4.96. The highest BCUT2D eigenvalue weighted by atomic mass is 16.2. The highest BCUT2D eigenvalue weighted by Gasteiger charge is 2.27. The zero-order valence-electron chi connectivity index (χ0n) is 21.9. The molecule has 1 saturated heterocycles. The Bertz CT molecular complexity index is 1650. The van der Waals surface area contributed by atoms with Crippen LogP contribution in [0.4, 0.5) is 11.8 Å². The van der Waals surface area contributed by atoms with Crippen molar-refractivity contribution in [3.05, 3.63) is 80.6 Å². The molecule has 39 heavy (non-hydrogen) atoms. The Labute approximate surface area is 224 Å². The van der Waals surface area contributed by atoms with E-state index in [4.69, 9.17) is 10.7 Å². The molecule has 3 aromatic heterocycles. The first-order valence-electron chi connectivity index (χ1n) is 12.8. The van der Waals surface area contributed by atoms with E-state index in [-0.39, 0.29) is 17.2 Å². The van der Waals surface area contributed by atoms with Gasteiger partial charge in [0, 0.05) is 45.6 Å². The molecule has 0 radical (unpaired) electrons. The van der Waals surface area contributed by atoms with Crippen LogP contribution in [0.1, 0.15) is 24.0 Å². The largest absolute Gasteiger partial charge is 0.341 e. The molecule has 1 aliphatic rings. The van der Waals surface area contributed by atoms with Gasteiger partial charge < -0.3 is 16.0 Å². The highest BCUT2D eigenvalue weighted by Crippen LogP contribution is 2.25. The van der Waals surface area contributed by atoms with Gasteiger partial charge in [0.15, 0.2) is 11.2 Å². The van der Waals surface area contributed by atoms with Crippen LogP contribution in [0, 0.1) is 0 Å². The van der Waals surface area contributed by atoms with Gasteiger partial charge in [-0.1, -0.05) is 30.3 Å². The van der Waals surface area contributed by atoms with Gasteiger partial charge in [0.1, 0.15) is 12.4 Å². The molecule has 202 valence electrons. The topological polar surface area (TPSA) is 145 Å². The number of carbonyl (C=O) groups excluding carboxylic acids is 1. The number of pyridine rings is 1. The van der Waals surface area contributed by atoms with Gasteiger partial charge in [-0.25, -0.2) is 14.3 Å². The number of rotatable bonds is 7. The number of imidazole rings is 1. The Hall–Kier alpha value is -4.58. The molecule has 1 aliphatic heterocycles. The Kier molecular flexibility index (Phi) is 7.37. The number of hydrogen-bond donors (Lipinski definition) is 2. The molecule has 12 heteroatoms. The first-order chi connectivity index (χ1) is 18.9. The van der Waals surface area contributed by atoms with Crippen LogP contribution >= 0.6 is 0 Å². The smallest absolute Gasteiger partial charge is 0.332 e. The van der Waals surface area contributed by atoms with Crippen molar-refractivity contribution >= 4 is 35.1 Å². The molecule has 1 amide bonds. The predicted octanol–water partition coefficient (Wildman–Crippen LogP) is 0.955. The number of nitrogens with two attached hydrogens (primary N) is 1. The minimum absolute atomic E-state index is 0.0257. The first kappa shape index (κ1) is 26.0. The number of fused-ring (bicyclic) bond motifs is 1. The molecule has 1 atom stereocenters.